The van der Waals surface area contributed by atoms with Gasteiger partial charge in [-0.05, 0) is 29.2 Å². The third kappa shape index (κ3) is 5.42. The van der Waals surface area contributed by atoms with Crippen molar-refractivity contribution in [2.45, 2.75) is 31.6 Å². The molecule has 0 amide bonds. The number of hydrogen-bond acceptors (Lipinski definition) is 8. The lowest BCUT2D eigenvalue weighted by molar-refractivity contribution is -0.384. The monoisotopic (exact) mass is 374 g/mol. The molecule has 0 saturated carbocycles. The van der Waals surface area contributed by atoms with Gasteiger partial charge in [-0.1, -0.05) is 12.8 Å². The second-order valence-corrected chi connectivity index (χ2v) is 5.21. The van der Waals surface area contributed by atoms with E-state index in [9.17, 15) is 14.5 Å². The van der Waals surface area contributed by atoms with Crippen LogP contribution < -0.4 is 5.73 Å². The summed E-state index contributed by atoms with van der Waals surface area (Å²) in [6, 6.07) is 2.41. The number of benzene rings is 1. The predicted octanol–water partition coefficient (Wildman–Crippen LogP) is 0.774. The van der Waals surface area contributed by atoms with Crippen molar-refractivity contribution in [1.82, 2.24) is 20.2 Å². The Morgan fingerprint density at radius 1 is 1.40 bits per heavy atom. The van der Waals surface area contributed by atoms with Crippen LogP contribution in [0.4, 0.5) is 10.1 Å². The Labute approximate surface area is 148 Å². The normalized spacial score (nSPS) is 11.7. The van der Waals surface area contributed by atoms with Crippen molar-refractivity contribution < 1.29 is 19.4 Å². The highest BCUT2D eigenvalue weighted by Gasteiger charge is 2.20. The molecule has 1 heterocycles. The van der Waals surface area contributed by atoms with Gasteiger partial charge in [0.2, 0.25) is 0 Å². The van der Waals surface area contributed by atoms with E-state index in [1.54, 1.807) is 0 Å². The summed E-state index contributed by atoms with van der Waals surface area (Å²) < 4.78 is 15.0. The zero-order chi connectivity index (χ0) is 17.7. The lowest BCUT2D eigenvalue weighted by Crippen LogP contribution is -2.18. The fraction of sp³-hybridized carbons (Fsp3) is 0.417. The molecule has 0 spiro atoms. The Hall–Kier alpha value is -2.15. The second kappa shape index (κ2) is 9.37. The van der Waals surface area contributed by atoms with E-state index < -0.39 is 23.9 Å². The fourth-order valence-corrected chi connectivity index (χ4v) is 2.19. The van der Waals surface area contributed by atoms with Crippen LogP contribution in [0.2, 0.25) is 6.32 Å². The number of hydrogen-bond donors (Lipinski definition) is 3. The summed E-state index contributed by atoms with van der Waals surface area (Å²) in [6.45, 7) is 0. The second-order valence-electron chi connectivity index (χ2n) is 5.21. The molecule has 0 bridgehead atoms. The standard InChI is InChI=1S/C12H16BFN6O4.ClH/c14-9-5-4-8(20(23)24)7-11(9)19-12(16-17-18-19)10(15)3-1-2-6-13(21)22;/h4-5,7,10,21-22H,1-3,6,15H2;1H. The van der Waals surface area contributed by atoms with Crippen LogP contribution >= 0.6 is 12.4 Å². The van der Waals surface area contributed by atoms with E-state index in [1.807, 2.05) is 0 Å². The van der Waals surface area contributed by atoms with Gasteiger partial charge in [0.05, 0.1) is 11.0 Å². The summed E-state index contributed by atoms with van der Waals surface area (Å²) >= 11 is 0. The first-order valence-electron chi connectivity index (χ1n) is 7.24. The van der Waals surface area contributed by atoms with Crippen LogP contribution in [-0.2, 0) is 0 Å². The molecule has 0 aliphatic carbocycles. The number of nitro groups is 1. The Kier molecular flexibility index (Phi) is 7.83. The summed E-state index contributed by atoms with van der Waals surface area (Å²) in [6.07, 6.45) is 1.78. The smallest absolute Gasteiger partial charge is 0.427 e. The van der Waals surface area contributed by atoms with Gasteiger partial charge in [0.1, 0.15) is 11.5 Å². The van der Waals surface area contributed by atoms with Gasteiger partial charge in [-0.15, -0.1) is 17.5 Å². The van der Waals surface area contributed by atoms with Gasteiger partial charge >= 0.3 is 7.12 Å². The van der Waals surface area contributed by atoms with Crippen LogP contribution in [0, 0.1) is 15.9 Å². The molecule has 136 valence electrons. The summed E-state index contributed by atoms with van der Waals surface area (Å²) in [5.74, 6) is -0.552. The van der Waals surface area contributed by atoms with Crippen molar-refractivity contribution in [3.05, 3.63) is 40.0 Å². The highest BCUT2D eigenvalue weighted by atomic mass is 35.5. The van der Waals surface area contributed by atoms with Crippen LogP contribution in [0.25, 0.3) is 5.69 Å². The minimum atomic E-state index is -1.37. The van der Waals surface area contributed by atoms with Gasteiger partial charge in [-0.2, -0.15) is 4.68 Å². The number of unbranched alkanes of at least 4 members (excludes halogenated alkanes) is 1. The summed E-state index contributed by atoms with van der Waals surface area (Å²) in [7, 11) is -1.37. The van der Waals surface area contributed by atoms with E-state index in [2.05, 4.69) is 15.5 Å². The predicted molar refractivity (Wildman–Crippen MR) is 88.8 cm³/mol. The fourth-order valence-electron chi connectivity index (χ4n) is 2.19. The zero-order valence-electron chi connectivity index (χ0n) is 13.0. The number of rotatable bonds is 8. The SMILES string of the molecule is Cl.NC(CCCCB(O)O)c1nnnn1-c1cc([N+](=O)[O-])ccc1F. The topological polar surface area (TPSA) is 153 Å². The van der Waals surface area contributed by atoms with Crippen molar-refractivity contribution in [2.24, 2.45) is 5.73 Å². The molecular weight excluding hydrogens is 357 g/mol. The molecule has 1 aromatic carbocycles. The molecule has 0 saturated heterocycles. The Morgan fingerprint density at radius 3 is 2.76 bits per heavy atom. The highest BCUT2D eigenvalue weighted by molar-refractivity contribution is 6.40. The van der Waals surface area contributed by atoms with Crippen molar-refractivity contribution in [3.63, 3.8) is 0 Å². The van der Waals surface area contributed by atoms with E-state index in [0.29, 0.717) is 19.3 Å². The average molecular weight is 375 g/mol. The number of aromatic nitrogens is 4. The number of non-ortho nitro benzene ring substituents is 1. The summed E-state index contributed by atoms with van der Waals surface area (Å²) in [5.41, 5.74) is 5.54. The molecule has 1 atom stereocenters. The molecule has 25 heavy (non-hydrogen) atoms. The zero-order valence-corrected chi connectivity index (χ0v) is 13.8. The number of nitrogens with zero attached hydrogens (tertiary/aromatic N) is 5. The van der Waals surface area contributed by atoms with Crippen LogP contribution in [0.1, 0.15) is 31.1 Å². The van der Waals surface area contributed by atoms with Gasteiger partial charge in [0, 0.05) is 12.1 Å². The Balaban J connectivity index is 0.00000312. The minimum absolute atomic E-state index is 0. The Morgan fingerprint density at radius 2 is 2.12 bits per heavy atom. The molecule has 0 aliphatic heterocycles. The molecule has 1 aromatic heterocycles. The number of tetrazole rings is 1. The lowest BCUT2D eigenvalue weighted by atomic mass is 9.83. The number of nitro benzene ring substituents is 1. The van der Waals surface area contributed by atoms with Crippen molar-refractivity contribution in [1.29, 1.82) is 0 Å². The quantitative estimate of drug-likeness (QED) is 0.265. The van der Waals surface area contributed by atoms with Crippen LogP contribution in [-0.4, -0.2) is 42.3 Å². The maximum absolute atomic E-state index is 14.0. The van der Waals surface area contributed by atoms with E-state index >= 15 is 0 Å². The third-order valence-electron chi connectivity index (χ3n) is 3.42. The molecule has 13 heteroatoms. The van der Waals surface area contributed by atoms with E-state index in [1.165, 1.54) is 0 Å². The van der Waals surface area contributed by atoms with Gasteiger partial charge in [-0.25, -0.2) is 4.39 Å². The highest BCUT2D eigenvalue weighted by Crippen LogP contribution is 2.23. The molecular formula is C12H17BClFN6O4. The van der Waals surface area contributed by atoms with Crippen molar-refractivity contribution in [3.8, 4) is 5.69 Å². The largest absolute Gasteiger partial charge is 0.451 e. The van der Waals surface area contributed by atoms with E-state index in [4.69, 9.17) is 15.8 Å². The first kappa shape index (κ1) is 20.9. The molecule has 2 rings (SSSR count). The molecule has 0 aliphatic rings. The van der Waals surface area contributed by atoms with Gasteiger partial charge < -0.3 is 15.8 Å². The maximum atomic E-state index is 14.0. The van der Waals surface area contributed by atoms with Crippen LogP contribution in [0.3, 0.4) is 0 Å². The third-order valence-corrected chi connectivity index (χ3v) is 3.42. The molecule has 0 radical (unpaired) electrons. The first-order chi connectivity index (χ1) is 11.4. The first-order valence-corrected chi connectivity index (χ1v) is 7.24. The average Bonchev–Trinajstić information content (AvgIpc) is 3.00. The van der Waals surface area contributed by atoms with Gasteiger partial charge in [-0.3, -0.25) is 10.1 Å². The summed E-state index contributed by atoms with van der Waals surface area (Å²) in [5, 5.41) is 39.3. The summed E-state index contributed by atoms with van der Waals surface area (Å²) in [4.78, 5) is 10.2. The van der Waals surface area contributed by atoms with E-state index in [-0.39, 0.29) is 35.9 Å². The Bertz CT molecular complexity index is 719. The van der Waals surface area contributed by atoms with Gasteiger partial charge in [0.25, 0.3) is 5.69 Å². The number of nitrogens with two attached hydrogens (primary N) is 1. The van der Waals surface area contributed by atoms with Crippen molar-refractivity contribution in [2.75, 3.05) is 0 Å². The van der Waals surface area contributed by atoms with Crippen LogP contribution in [0.5, 0.6) is 0 Å². The molecule has 0 fully saturated rings. The van der Waals surface area contributed by atoms with Gasteiger partial charge in [0.15, 0.2) is 5.82 Å². The molecule has 10 nitrogen and oxygen atoms in total. The van der Waals surface area contributed by atoms with Crippen molar-refractivity contribution >= 4 is 25.2 Å². The number of halogens is 2. The molecule has 1 unspecified atom stereocenters. The van der Waals surface area contributed by atoms with E-state index in [0.717, 1.165) is 22.9 Å². The maximum Gasteiger partial charge on any atom is 0.451 e. The van der Waals surface area contributed by atoms with Crippen LogP contribution in [0.15, 0.2) is 18.2 Å². The minimum Gasteiger partial charge on any atom is -0.427 e. The molecule has 4 N–H and O–H groups in total. The lowest BCUT2D eigenvalue weighted by Gasteiger charge is -2.12. The molecule has 2 aromatic rings.